The standard InChI is InChI=1S/C14H20N2O3/c1-3-10(8-15)7-13(17)16-11-4-5-12(14(18)19)9(2)6-11/h4-6,10H,3,7-8,15H2,1-2H3,(H,16,17)(H,18,19). The van der Waals surface area contributed by atoms with Crippen molar-refractivity contribution in [3.8, 4) is 0 Å². The molecule has 0 aliphatic rings. The molecule has 104 valence electrons. The number of hydrogen-bond donors (Lipinski definition) is 3. The van der Waals surface area contributed by atoms with Crippen LogP contribution in [0.3, 0.4) is 0 Å². The maximum absolute atomic E-state index is 11.8. The first-order valence-electron chi connectivity index (χ1n) is 6.31. The SMILES string of the molecule is CCC(CN)CC(=O)Nc1ccc(C(=O)O)c(C)c1. The molecule has 1 aromatic rings. The fourth-order valence-corrected chi connectivity index (χ4v) is 1.85. The molecule has 1 rings (SSSR count). The summed E-state index contributed by atoms with van der Waals surface area (Å²) in [5.41, 5.74) is 7.03. The van der Waals surface area contributed by atoms with E-state index >= 15 is 0 Å². The van der Waals surface area contributed by atoms with Crippen LogP contribution in [0.2, 0.25) is 0 Å². The van der Waals surface area contributed by atoms with E-state index in [9.17, 15) is 9.59 Å². The highest BCUT2D eigenvalue weighted by Gasteiger charge is 2.12. The van der Waals surface area contributed by atoms with E-state index in [1.54, 1.807) is 19.1 Å². The Kier molecular flexibility index (Phi) is 5.51. The second kappa shape index (κ2) is 6.89. The first kappa shape index (κ1) is 15.2. The molecule has 1 unspecified atom stereocenters. The lowest BCUT2D eigenvalue weighted by Gasteiger charge is -2.12. The maximum Gasteiger partial charge on any atom is 0.335 e. The van der Waals surface area contributed by atoms with Crippen molar-refractivity contribution < 1.29 is 14.7 Å². The normalized spacial score (nSPS) is 11.9. The van der Waals surface area contributed by atoms with Gasteiger partial charge in [-0.1, -0.05) is 13.3 Å². The van der Waals surface area contributed by atoms with Gasteiger partial charge in [-0.15, -0.1) is 0 Å². The Morgan fingerprint density at radius 3 is 2.58 bits per heavy atom. The molecule has 1 amide bonds. The van der Waals surface area contributed by atoms with Crippen molar-refractivity contribution in [3.05, 3.63) is 29.3 Å². The van der Waals surface area contributed by atoms with Gasteiger partial charge in [0, 0.05) is 12.1 Å². The summed E-state index contributed by atoms with van der Waals surface area (Å²) >= 11 is 0. The van der Waals surface area contributed by atoms with Gasteiger partial charge in [0.25, 0.3) is 0 Å². The third-order valence-corrected chi connectivity index (χ3v) is 3.13. The minimum Gasteiger partial charge on any atom is -0.478 e. The molecule has 19 heavy (non-hydrogen) atoms. The number of benzene rings is 1. The molecule has 1 atom stereocenters. The number of carboxylic acid groups (broad SMARTS) is 1. The Hall–Kier alpha value is -1.88. The molecule has 0 heterocycles. The minimum absolute atomic E-state index is 0.0974. The van der Waals surface area contributed by atoms with Crippen LogP contribution in [0.5, 0.6) is 0 Å². The number of hydrogen-bond acceptors (Lipinski definition) is 3. The smallest absolute Gasteiger partial charge is 0.335 e. The van der Waals surface area contributed by atoms with Crippen LogP contribution >= 0.6 is 0 Å². The van der Waals surface area contributed by atoms with Crippen LogP contribution in [0.4, 0.5) is 5.69 Å². The molecule has 0 aliphatic carbocycles. The monoisotopic (exact) mass is 264 g/mol. The van der Waals surface area contributed by atoms with Gasteiger partial charge in [0.05, 0.1) is 5.56 Å². The predicted molar refractivity (Wildman–Crippen MR) is 74.2 cm³/mol. The van der Waals surface area contributed by atoms with Crippen LogP contribution in [-0.2, 0) is 4.79 Å². The number of rotatable bonds is 6. The van der Waals surface area contributed by atoms with E-state index in [1.165, 1.54) is 6.07 Å². The van der Waals surface area contributed by atoms with Gasteiger partial charge in [-0.05, 0) is 43.1 Å². The second-order valence-corrected chi connectivity index (χ2v) is 4.60. The Morgan fingerprint density at radius 1 is 1.42 bits per heavy atom. The summed E-state index contributed by atoms with van der Waals surface area (Å²) in [5.74, 6) is -0.885. The summed E-state index contributed by atoms with van der Waals surface area (Å²) < 4.78 is 0. The lowest BCUT2D eigenvalue weighted by atomic mass is 10.0. The Bertz CT molecular complexity index is 468. The van der Waals surface area contributed by atoms with Gasteiger partial charge in [-0.25, -0.2) is 4.79 Å². The van der Waals surface area contributed by atoms with Gasteiger partial charge in [-0.3, -0.25) is 4.79 Å². The predicted octanol–water partition coefficient (Wildman–Crippen LogP) is 2.01. The summed E-state index contributed by atoms with van der Waals surface area (Å²) in [5, 5.41) is 11.7. The van der Waals surface area contributed by atoms with E-state index in [4.69, 9.17) is 10.8 Å². The number of carbonyl (C=O) groups excluding carboxylic acids is 1. The summed E-state index contributed by atoms with van der Waals surface area (Å²) in [7, 11) is 0. The quantitative estimate of drug-likeness (QED) is 0.732. The fraction of sp³-hybridized carbons (Fsp3) is 0.429. The number of anilines is 1. The summed E-state index contributed by atoms with van der Waals surface area (Å²) in [6.07, 6.45) is 1.24. The van der Waals surface area contributed by atoms with Gasteiger partial charge in [-0.2, -0.15) is 0 Å². The highest BCUT2D eigenvalue weighted by Crippen LogP contribution is 2.16. The average Bonchev–Trinajstić information content (AvgIpc) is 2.35. The van der Waals surface area contributed by atoms with Crippen molar-refractivity contribution in [3.63, 3.8) is 0 Å². The molecule has 1 aromatic carbocycles. The van der Waals surface area contributed by atoms with Gasteiger partial charge in [0.1, 0.15) is 0 Å². The van der Waals surface area contributed by atoms with E-state index in [2.05, 4.69) is 5.32 Å². The Morgan fingerprint density at radius 2 is 2.11 bits per heavy atom. The molecule has 5 nitrogen and oxygen atoms in total. The topological polar surface area (TPSA) is 92.4 Å². The molecule has 0 saturated carbocycles. The molecule has 0 bridgehead atoms. The van der Waals surface area contributed by atoms with E-state index in [1.807, 2.05) is 6.92 Å². The van der Waals surface area contributed by atoms with Crippen LogP contribution < -0.4 is 11.1 Å². The lowest BCUT2D eigenvalue weighted by molar-refractivity contribution is -0.117. The average molecular weight is 264 g/mol. The third kappa shape index (κ3) is 4.37. The van der Waals surface area contributed by atoms with E-state index in [-0.39, 0.29) is 17.4 Å². The Labute approximate surface area is 112 Å². The number of carboxylic acids is 1. The number of carbonyl (C=O) groups is 2. The number of nitrogens with two attached hydrogens (primary N) is 1. The molecule has 4 N–H and O–H groups in total. The van der Waals surface area contributed by atoms with E-state index in [0.717, 1.165) is 6.42 Å². The number of nitrogens with one attached hydrogen (secondary N) is 1. The van der Waals surface area contributed by atoms with Crippen molar-refractivity contribution in [2.24, 2.45) is 11.7 Å². The van der Waals surface area contributed by atoms with Crippen molar-refractivity contribution in [2.75, 3.05) is 11.9 Å². The van der Waals surface area contributed by atoms with Crippen molar-refractivity contribution in [2.45, 2.75) is 26.7 Å². The molecule has 5 heteroatoms. The van der Waals surface area contributed by atoms with Crippen LogP contribution in [0.1, 0.15) is 35.7 Å². The summed E-state index contributed by atoms with van der Waals surface area (Å²) in [4.78, 5) is 22.7. The third-order valence-electron chi connectivity index (χ3n) is 3.13. The van der Waals surface area contributed by atoms with Crippen LogP contribution in [0.15, 0.2) is 18.2 Å². The zero-order valence-electron chi connectivity index (χ0n) is 11.3. The largest absolute Gasteiger partial charge is 0.478 e. The molecular weight excluding hydrogens is 244 g/mol. The first-order valence-corrected chi connectivity index (χ1v) is 6.31. The van der Waals surface area contributed by atoms with Gasteiger partial charge in [0.2, 0.25) is 5.91 Å². The van der Waals surface area contributed by atoms with Crippen LogP contribution in [0, 0.1) is 12.8 Å². The van der Waals surface area contributed by atoms with Crippen molar-refractivity contribution >= 4 is 17.6 Å². The highest BCUT2D eigenvalue weighted by atomic mass is 16.4. The number of amides is 1. The van der Waals surface area contributed by atoms with Gasteiger partial charge in [0.15, 0.2) is 0 Å². The number of aromatic carboxylic acids is 1. The molecule has 0 aliphatic heterocycles. The zero-order chi connectivity index (χ0) is 14.4. The molecular formula is C14H20N2O3. The van der Waals surface area contributed by atoms with Crippen LogP contribution in [0.25, 0.3) is 0 Å². The highest BCUT2D eigenvalue weighted by molar-refractivity contribution is 5.93. The summed E-state index contributed by atoms with van der Waals surface area (Å²) in [6.45, 7) is 4.19. The molecule has 0 spiro atoms. The van der Waals surface area contributed by atoms with Gasteiger partial charge < -0.3 is 16.2 Å². The Balaban J connectivity index is 2.70. The van der Waals surface area contributed by atoms with E-state index in [0.29, 0.717) is 24.2 Å². The molecule has 0 saturated heterocycles. The number of aryl methyl sites for hydroxylation is 1. The second-order valence-electron chi connectivity index (χ2n) is 4.60. The van der Waals surface area contributed by atoms with Gasteiger partial charge >= 0.3 is 5.97 Å². The summed E-state index contributed by atoms with van der Waals surface area (Å²) in [6, 6.07) is 4.75. The maximum atomic E-state index is 11.8. The molecule has 0 radical (unpaired) electrons. The van der Waals surface area contributed by atoms with Crippen LogP contribution in [-0.4, -0.2) is 23.5 Å². The van der Waals surface area contributed by atoms with E-state index < -0.39 is 5.97 Å². The zero-order valence-corrected chi connectivity index (χ0v) is 11.3. The molecule has 0 fully saturated rings. The fourth-order valence-electron chi connectivity index (χ4n) is 1.85. The molecule has 0 aromatic heterocycles. The van der Waals surface area contributed by atoms with Crippen molar-refractivity contribution in [1.29, 1.82) is 0 Å². The minimum atomic E-state index is -0.968. The first-order chi connectivity index (χ1) is 8.97. The van der Waals surface area contributed by atoms with Crippen molar-refractivity contribution in [1.82, 2.24) is 0 Å². The lowest BCUT2D eigenvalue weighted by Crippen LogP contribution is -2.21.